The van der Waals surface area contributed by atoms with Crippen LogP contribution in [0.25, 0.3) is 0 Å². The molecular formula is C21H33N9O7. The first-order valence-electron chi connectivity index (χ1n) is 11.6. The number of aliphatic imine (C=N–C) groups is 1. The summed E-state index contributed by atoms with van der Waals surface area (Å²) < 4.78 is 0. The molecule has 1 aliphatic rings. The molecule has 1 aromatic heterocycles. The van der Waals surface area contributed by atoms with Crippen LogP contribution in [0.1, 0.15) is 37.8 Å². The van der Waals surface area contributed by atoms with Crippen LogP contribution in [0.2, 0.25) is 0 Å². The van der Waals surface area contributed by atoms with E-state index in [1.54, 1.807) is 0 Å². The highest BCUT2D eigenvalue weighted by Crippen LogP contribution is 2.20. The van der Waals surface area contributed by atoms with Crippen molar-refractivity contribution in [3.63, 3.8) is 0 Å². The summed E-state index contributed by atoms with van der Waals surface area (Å²) in [7, 11) is 0. The molecule has 2 rings (SSSR count). The van der Waals surface area contributed by atoms with Gasteiger partial charge in [-0.25, -0.2) is 9.78 Å². The fourth-order valence-corrected chi connectivity index (χ4v) is 3.91. The van der Waals surface area contributed by atoms with Crippen LogP contribution < -0.4 is 27.8 Å². The van der Waals surface area contributed by atoms with Gasteiger partial charge in [-0.05, 0) is 25.7 Å². The molecule has 1 aromatic rings. The van der Waals surface area contributed by atoms with Crippen molar-refractivity contribution < 1.29 is 34.2 Å². The summed E-state index contributed by atoms with van der Waals surface area (Å²) >= 11 is 0. The Bertz CT molecular complexity index is 995. The summed E-state index contributed by atoms with van der Waals surface area (Å²) in [4.78, 5) is 73.3. The molecule has 0 radical (unpaired) electrons. The van der Waals surface area contributed by atoms with Gasteiger partial charge < -0.3 is 47.9 Å². The largest absolute Gasteiger partial charge is 0.481 e. The quantitative estimate of drug-likeness (QED) is 0.0685. The molecule has 0 aliphatic carbocycles. The molecule has 204 valence electrons. The first kappa shape index (κ1) is 29.0. The van der Waals surface area contributed by atoms with Crippen LogP contribution >= 0.6 is 0 Å². The van der Waals surface area contributed by atoms with Gasteiger partial charge in [0.2, 0.25) is 17.7 Å². The van der Waals surface area contributed by atoms with E-state index in [-0.39, 0.29) is 44.7 Å². The van der Waals surface area contributed by atoms with Gasteiger partial charge >= 0.3 is 11.9 Å². The van der Waals surface area contributed by atoms with E-state index in [4.69, 9.17) is 17.2 Å². The van der Waals surface area contributed by atoms with Crippen LogP contribution in [0.5, 0.6) is 0 Å². The van der Waals surface area contributed by atoms with Crippen molar-refractivity contribution >= 4 is 35.6 Å². The van der Waals surface area contributed by atoms with Gasteiger partial charge in [0.1, 0.15) is 18.1 Å². The number of amides is 3. The molecule has 1 aliphatic heterocycles. The third-order valence-electron chi connectivity index (χ3n) is 5.72. The Morgan fingerprint density at radius 3 is 2.51 bits per heavy atom. The number of nitrogens with zero attached hydrogens (tertiary/aromatic N) is 3. The molecule has 1 saturated heterocycles. The number of carbonyl (C=O) groups is 5. The van der Waals surface area contributed by atoms with E-state index in [1.165, 1.54) is 12.5 Å². The standard InChI is InChI=1S/C21H33N9O7/c22-12(7-11-9-25-10-27-11)17(33)29-14(8-16(31)32)19(35)30-6-2-4-15(30)18(34)28-13(20(36)37)3-1-5-26-21(23)24/h9-10,12-15H,1-8,22H2,(H,25,27)(H,28,34)(H,29,33)(H,31,32)(H,36,37)(H4,23,24,26)/t12-,13-,14-,15-/m0/s1. The van der Waals surface area contributed by atoms with Crippen molar-refractivity contribution in [2.75, 3.05) is 13.1 Å². The lowest BCUT2D eigenvalue weighted by Gasteiger charge is -2.29. The SMILES string of the molecule is NC(N)=NCCC[C@H](NC(=O)[C@@H]1CCCN1C(=O)[C@H](CC(=O)O)NC(=O)[C@@H](N)Cc1cnc[nH]1)C(=O)O. The van der Waals surface area contributed by atoms with Crippen LogP contribution in [0.15, 0.2) is 17.5 Å². The van der Waals surface area contributed by atoms with Gasteiger partial charge in [-0.1, -0.05) is 0 Å². The number of nitrogens with one attached hydrogen (secondary N) is 3. The molecule has 4 atom stereocenters. The second-order valence-electron chi connectivity index (χ2n) is 8.58. The van der Waals surface area contributed by atoms with Gasteiger partial charge in [-0.15, -0.1) is 0 Å². The summed E-state index contributed by atoms with van der Waals surface area (Å²) in [6, 6.07) is -4.83. The topological polar surface area (TPSA) is 272 Å². The molecule has 16 nitrogen and oxygen atoms in total. The molecule has 0 aromatic carbocycles. The van der Waals surface area contributed by atoms with Crippen molar-refractivity contribution in [1.29, 1.82) is 0 Å². The highest BCUT2D eigenvalue weighted by Gasteiger charge is 2.39. The van der Waals surface area contributed by atoms with Gasteiger partial charge in [0, 0.05) is 31.4 Å². The Balaban J connectivity index is 2.05. The van der Waals surface area contributed by atoms with Crippen molar-refractivity contribution in [3.05, 3.63) is 18.2 Å². The van der Waals surface area contributed by atoms with Crippen LogP contribution in [-0.4, -0.2) is 98.0 Å². The lowest BCUT2D eigenvalue weighted by Crippen LogP contribution is -2.57. The number of imidazole rings is 1. The lowest BCUT2D eigenvalue weighted by molar-refractivity contribution is -0.147. The second kappa shape index (κ2) is 13.8. The van der Waals surface area contributed by atoms with E-state index in [1.807, 2.05) is 0 Å². The van der Waals surface area contributed by atoms with E-state index >= 15 is 0 Å². The summed E-state index contributed by atoms with van der Waals surface area (Å²) in [6.45, 7) is 0.306. The zero-order valence-electron chi connectivity index (χ0n) is 20.1. The van der Waals surface area contributed by atoms with Gasteiger partial charge in [0.25, 0.3) is 0 Å². The molecule has 11 N–H and O–H groups in total. The number of hydrogen-bond acceptors (Lipinski definition) is 8. The fourth-order valence-electron chi connectivity index (χ4n) is 3.91. The first-order valence-corrected chi connectivity index (χ1v) is 11.6. The Morgan fingerprint density at radius 2 is 1.92 bits per heavy atom. The number of nitrogens with two attached hydrogens (primary N) is 3. The number of rotatable bonds is 14. The third kappa shape index (κ3) is 9.06. The number of aromatic amines is 1. The zero-order chi connectivity index (χ0) is 27.5. The molecule has 37 heavy (non-hydrogen) atoms. The van der Waals surface area contributed by atoms with E-state index < -0.39 is 60.2 Å². The molecule has 16 heteroatoms. The monoisotopic (exact) mass is 523 g/mol. The van der Waals surface area contributed by atoms with Crippen molar-refractivity contribution in [2.45, 2.75) is 62.7 Å². The number of aromatic nitrogens is 2. The molecule has 0 bridgehead atoms. The smallest absolute Gasteiger partial charge is 0.326 e. The Labute approximate surface area is 212 Å². The number of carboxylic acid groups (broad SMARTS) is 2. The number of hydrogen-bond donors (Lipinski definition) is 8. The average Bonchev–Trinajstić information content (AvgIpc) is 3.51. The van der Waals surface area contributed by atoms with Crippen LogP contribution in [0, 0.1) is 0 Å². The second-order valence-corrected chi connectivity index (χ2v) is 8.58. The van der Waals surface area contributed by atoms with E-state index in [0.29, 0.717) is 12.1 Å². The Hall–Kier alpha value is -4.21. The Morgan fingerprint density at radius 1 is 1.19 bits per heavy atom. The molecule has 0 unspecified atom stereocenters. The van der Waals surface area contributed by atoms with E-state index in [0.717, 1.165) is 4.90 Å². The number of guanidine groups is 1. The molecule has 0 spiro atoms. The van der Waals surface area contributed by atoms with Gasteiger partial charge in [0.05, 0.1) is 18.8 Å². The predicted molar refractivity (Wildman–Crippen MR) is 129 cm³/mol. The minimum atomic E-state index is -1.47. The third-order valence-corrected chi connectivity index (χ3v) is 5.72. The minimum Gasteiger partial charge on any atom is -0.481 e. The number of likely N-dealkylation sites (tertiary alicyclic amines) is 1. The Kier molecular flexibility index (Phi) is 10.8. The molecule has 2 heterocycles. The summed E-state index contributed by atoms with van der Waals surface area (Å²) in [5.41, 5.74) is 16.9. The summed E-state index contributed by atoms with van der Waals surface area (Å²) in [6.07, 6.45) is 3.24. The number of H-pyrrole nitrogens is 1. The number of carboxylic acids is 2. The highest BCUT2D eigenvalue weighted by molar-refractivity contribution is 5.96. The highest BCUT2D eigenvalue weighted by atomic mass is 16.4. The molecule has 0 saturated carbocycles. The maximum Gasteiger partial charge on any atom is 0.326 e. The van der Waals surface area contributed by atoms with Crippen molar-refractivity contribution in [2.24, 2.45) is 22.2 Å². The predicted octanol–water partition coefficient (Wildman–Crippen LogP) is -3.15. The fraction of sp³-hybridized carbons (Fsp3) is 0.571. The zero-order valence-corrected chi connectivity index (χ0v) is 20.1. The van der Waals surface area contributed by atoms with Crippen LogP contribution in [-0.2, 0) is 30.4 Å². The first-order chi connectivity index (χ1) is 17.5. The summed E-state index contributed by atoms with van der Waals surface area (Å²) in [5, 5.41) is 23.5. The van der Waals surface area contributed by atoms with Crippen molar-refractivity contribution in [1.82, 2.24) is 25.5 Å². The van der Waals surface area contributed by atoms with Gasteiger partial charge in [-0.3, -0.25) is 24.2 Å². The molecule has 1 fully saturated rings. The maximum atomic E-state index is 13.2. The van der Waals surface area contributed by atoms with Crippen LogP contribution in [0.4, 0.5) is 0 Å². The normalized spacial score (nSPS) is 17.3. The van der Waals surface area contributed by atoms with Gasteiger partial charge in [-0.2, -0.15) is 0 Å². The molecular weight excluding hydrogens is 490 g/mol. The number of aliphatic carboxylic acids is 2. The van der Waals surface area contributed by atoms with Crippen molar-refractivity contribution in [3.8, 4) is 0 Å². The number of carbonyl (C=O) groups excluding carboxylic acids is 3. The average molecular weight is 524 g/mol. The van der Waals surface area contributed by atoms with E-state index in [2.05, 4.69) is 25.6 Å². The van der Waals surface area contributed by atoms with Gasteiger partial charge in [0.15, 0.2) is 5.96 Å². The van der Waals surface area contributed by atoms with E-state index in [9.17, 15) is 34.2 Å². The minimum absolute atomic E-state index is 0.0461. The summed E-state index contributed by atoms with van der Waals surface area (Å²) in [5.74, 6) is -4.97. The molecule has 3 amide bonds. The lowest BCUT2D eigenvalue weighted by atomic mass is 10.1. The van der Waals surface area contributed by atoms with Crippen LogP contribution in [0.3, 0.4) is 0 Å². The maximum absolute atomic E-state index is 13.2.